The number of alkyl halides is 2. The van der Waals surface area contributed by atoms with Gasteiger partial charge in [-0.2, -0.15) is 0 Å². The second-order valence-electron chi connectivity index (χ2n) is 18.5. The maximum absolute atomic E-state index is 15.4. The number of hydrogen-bond acceptors (Lipinski definition) is 11. The number of aromatic nitrogens is 1. The molecule has 1 spiro atoms. The van der Waals surface area contributed by atoms with Crippen molar-refractivity contribution >= 4 is 50.4 Å². The lowest BCUT2D eigenvalue weighted by Crippen LogP contribution is -2.81. The first-order chi connectivity index (χ1) is 29.0. The number of halogens is 3. The van der Waals surface area contributed by atoms with E-state index in [1.54, 1.807) is 0 Å². The Morgan fingerprint density at radius 3 is 2.46 bits per heavy atom. The van der Waals surface area contributed by atoms with Crippen LogP contribution in [0.4, 0.5) is 14.5 Å². The maximum atomic E-state index is 15.4. The van der Waals surface area contributed by atoms with Gasteiger partial charge < -0.3 is 38.8 Å². The van der Waals surface area contributed by atoms with E-state index in [2.05, 4.69) is 30.7 Å². The number of piperidine rings is 1. The number of rotatable bonds is 7. The Morgan fingerprint density at radius 2 is 1.79 bits per heavy atom. The van der Waals surface area contributed by atoms with Gasteiger partial charge in [-0.15, -0.1) is 0 Å². The first-order valence-electron chi connectivity index (χ1n) is 21.3. The average Bonchev–Trinajstić information content (AvgIpc) is 3.89. The Kier molecular flexibility index (Phi) is 10.0. The number of esters is 3. The van der Waals surface area contributed by atoms with E-state index >= 15 is 13.6 Å². The lowest BCUT2D eigenvalue weighted by molar-refractivity contribution is -0.228. The van der Waals surface area contributed by atoms with Crippen LogP contribution in [-0.2, 0) is 45.8 Å². The van der Waals surface area contributed by atoms with E-state index in [9.17, 15) is 14.7 Å². The van der Waals surface area contributed by atoms with Crippen LogP contribution in [-0.4, -0.2) is 129 Å². The van der Waals surface area contributed by atoms with Crippen molar-refractivity contribution in [2.24, 2.45) is 17.3 Å². The Labute approximate surface area is 363 Å². The lowest BCUT2D eigenvalue weighted by atomic mass is 9.47. The molecule has 10 atom stereocenters. The normalized spacial score (nSPS) is 35.2. The van der Waals surface area contributed by atoms with Crippen LogP contribution >= 0.6 is 15.9 Å². The van der Waals surface area contributed by atoms with Crippen LogP contribution in [0.2, 0.25) is 0 Å². The first-order valence-corrected chi connectivity index (χ1v) is 22.1. The summed E-state index contributed by atoms with van der Waals surface area (Å²) in [4.78, 5) is 52.8. The van der Waals surface area contributed by atoms with Crippen LogP contribution in [0.1, 0.15) is 68.8 Å². The van der Waals surface area contributed by atoms with Crippen LogP contribution in [0, 0.1) is 17.3 Å². The van der Waals surface area contributed by atoms with Crippen molar-refractivity contribution in [3.8, 4) is 5.75 Å². The first kappa shape index (κ1) is 42.3. The second-order valence-corrected chi connectivity index (χ2v) is 19.4. The van der Waals surface area contributed by atoms with E-state index in [4.69, 9.17) is 18.9 Å². The van der Waals surface area contributed by atoms with Gasteiger partial charge in [0.2, 0.25) is 11.5 Å². The molecule has 12 nitrogen and oxygen atoms in total. The topological polar surface area (TPSA) is 134 Å². The van der Waals surface area contributed by atoms with Gasteiger partial charge in [-0.05, 0) is 86.9 Å². The molecule has 1 aliphatic carbocycles. The number of carbonyl (C=O) groups excluding carboxylic acids is 3. The predicted octanol–water partition coefficient (Wildman–Crippen LogP) is 5.88. The number of carbonyl (C=O) groups is 3. The Bertz CT molecular complexity index is 2350. The van der Waals surface area contributed by atoms with Crippen molar-refractivity contribution in [2.45, 2.75) is 93.4 Å². The molecule has 3 fully saturated rings. The van der Waals surface area contributed by atoms with E-state index in [-0.39, 0.29) is 31.3 Å². The van der Waals surface area contributed by atoms with E-state index < -0.39 is 63.7 Å². The quantitative estimate of drug-likeness (QED) is 0.167. The zero-order valence-corrected chi connectivity index (χ0v) is 37.4. The van der Waals surface area contributed by atoms with E-state index in [1.807, 2.05) is 61.4 Å². The Morgan fingerprint density at radius 1 is 1.03 bits per heavy atom. The van der Waals surface area contributed by atoms with E-state index in [0.717, 1.165) is 33.4 Å². The number of benzene rings is 2. The van der Waals surface area contributed by atoms with Crippen molar-refractivity contribution < 1.29 is 47.2 Å². The molecule has 2 N–H and O–H groups in total. The van der Waals surface area contributed by atoms with Gasteiger partial charge >= 0.3 is 17.9 Å². The Hall–Kier alpha value is -4.05. The van der Waals surface area contributed by atoms with Gasteiger partial charge in [-0.1, -0.05) is 35.0 Å². The fourth-order valence-electron chi connectivity index (χ4n) is 13.5. The molecule has 2 aromatic carbocycles. The third-order valence-corrected chi connectivity index (χ3v) is 16.1. The number of anilines is 1. The molecule has 15 heteroatoms. The summed E-state index contributed by atoms with van der Waals surface area (Å²) in [6.07, 6.45) is 4.48. The highest BCUT2D eigenvalue weighted by Crippen LogP contribution is 2.68. The predicted molar refractivity (Wildman–Crippen MR) is 227 cm³/mol. The van der Waals surface area contributed by atoms with E-state index in [0.29, 0.717) is 68.1 Å². The molecule has 0 amide bonds. The molecule has 1 aromatic heterocycles. The molecule has 0 radical (unpaired) electrons. The standard InChI is InChI=1S/C46H55BrF2N4O8/c1-8-43-13-9-15-53-17-14-44(37(43)53)31-20-32(35(58-5)21-34(31)51(4)38(44)46(57,41(56)60-7)39(43)61-25(2)54)45(40(55)59-6)22-26-18-27(42(3,48)49)24-52(23-26)16-12-29-30-19-28(47)10-11-33(30)50-36(29)45/h9-11,13,19-21,26-27,37-39,50,57H,8,12,14-18,22-24H2,1-7H3/t26-,27?,37+,38-,39-,43-,44-,45+,46+/m1/s1. The number of likely N-dealkylation sites (N-methyl/N-ethyl adjacent to an activating group) is 1. The molecule has 6 heterocycles. The molecular weight excluding hydrogens is 854 g/mol. The number of H-pyrrole nitrogens is 1. The largest absolute Gasteiger partial charge is 0.496 e. The monoisotopic (exact) mass is 908 g/mol. The molecule has 2 unspecified atom stereocenters. The number of fused-ring (bicyclic) bond motifs is 6. The van der Waals surface area contributed by atoms with Crippen LogP contribution in [0.3, 0.4) is 0 Å². The van der Waals surface area contributed by atoms with Gasteiger partial charge in [-0.25, -0.2) is 13.6 Å². The summed E-state index contributed by atoms with van der Waals surface area (Å²) in [7, 11) is 5.95. The van der Waals surface area contributed by atoms with Crippen LogP contribution in [0.25, 0.3) is 10.9 Å². The SMILES string of the molecule is CC[C@]12C=CCN3CC[C@@]4(c5cc([C@@]6(C(=O)OC)C[C@H]7CC(C(C)(F)F)CN(CCc8c6[nH]c6ccc(Br)cc86)C7)c(OC)cc5N(C)[C@H]4[C@@](O)(C(=O)OC)[C@@H]1OC(C)=O)[C@@H]32. The van der Waals surface area contributed by atoms with Crippen molar-refractivity contribution in [2.75, 3.05) is 66.0 Å². The van der Waals surface area contributed by atoms with Gasteiger partial charge in [0.05, 0.1) is 27.4 Å². The molecule has 328 valence electrons. The lowest BCUT2D eigenvalue weighted by Gasteiger charge is -2.63. The van der Waals surface area contributed by atoms with Crippen molar-refractivity contribution in [3.05, 3.63) is 69.3 Å². The summed E-state index contributed by atoms with van der Waals surface area (Å²) >= 11 is 3.66. The van der Waals surface area contributed by atoms with Crippen molar-refractivity contribution in [1.29, 1.82) is 0 Å². The minimum absolute atomic E-state index is 0.142. The summed E-state index contributed by atoms with van der Waals surface area (Å²) in [5.74, 6) is -5.96. The van der Waals surface area contributed by atoms with Gasteiger partial charge in [0.25, 0.3) is 0 Å². The third kappa shape index (κ3) is 5.71. The highest BCUT2D eigenvalue weighted by Gasteiger charge is 2.80. The van der Waals surface area contributed by atoms with Crippen LogP contribution < -0.4 is 9.64 Å². The summed E-state index contributed by atoms with van der Waals surface area (Å²) in [6, 6.07) is 8.47. The molecule has 6 aliphatic rings. The van der Waals surface area contributed by atoms with Crippen LogP contribution in [0.15, 0.2) is 47.0 Å². The fraction of sp³-hybridized carbons (Fsp3) is 0.587. The molecule has 3 aromatic rings. The molecule has 61 heavy (non-hydrogen) atoms. The minimum atomic E-state index is -2.94. The van der Waals surface area contributed by atoms with Gasteiger partial charge in [-0.3, -0.25) is 14.5 Å². The number of aliphatic hydroxyl groups is 1. The molecular formula is C46H55BrF2N4O8. The molecule has 1 saturated carbocycles. The van der Waals surface area contributed by atoms with Gasteiger partial charge in [0, 0.05) is 101 Å². The molecule has 5 aliphatic heterocycles. The van der Waals surface area contributed by atoms with E-state index in [1.165, 1.54) is 28.3 Å². The summed E-state index contributed by atoms with van der Waals surface area (Å²) < 4.78 is 55.4. The van der Waals surface area contributed by atoms with Crippen LogP contribution in [0.5, 0.6) is 5.75 Å². The van der Waals surface area contributed by atoms with Gasteiger partial charge in [0.1, 0.15) is 11.2 Å². The highest BCUT2D eigenvalue weighted by atomic mass is 79.9. The number of methoxy groups -OCH3 is 3. The van der Waals surface area contributed by atoms with Crippen molar-refractivity contribution in [1.82, 2.24) is 14.8 Å². The molecule has 2 saturated heterocycles. The summed E-state index contributed by atoms with van der Waals surface area (Å²) in [5.41, 5.74) is -1.64. The third-order valence-electron chi connectivity index (χ3n) is 15.6. The number of ether oxygens (including phenoxy) is 4. The average molecular weight is 910 g/mol. The zero-order chi connectivity index (χ0) is 43.6. The fourth-order valence-corrected chi connectivity index (χ4v) is 13.8. The molecule has 9 rings (SSSR count). The number of nitrogens with zero attached hydrogens (tertiary/aromatic N) is 3. The number of hydrogen-bond donors (Lipinski definition) is 2. The summed E-state index contributed by atoms with van der Waals surface area (Å²) in [5, 5.41) is 14.2. The zero-order valence-electron chi connectivity index (χ0n) is 35.8. The van der Waals surface area contributed by atoms with Crippen molar-refractivity contribution in [3.63, 3.8) is 0 Å². The number of aromatic amines is 1. The second kappa shape index (κ2) is 14.5. The summed E-state index contributed by atoms with van der Waals surface area (Å²) in [6.45, 7) is 6.74. The highest BCUT2D eigenvalue weighted by molar-refractivity contribution is 9.10. The minimum Gasteiger partial charge on any atom is -0.496 e. The smallest absolute Gasteiger partial charge is 0.344 e. The maximum Gasteiger partial charge on any atom is 0.344 e. The molecule has 2 bridgehead atoms. The van der Waals surface area contributed by atoms with Gasteiger partial charge in [0.15, 0.2) is 6.10 Å². The Balaban J connectivity index is 1.36. The number of nitrogens with one attached hydrogen (secondary N) is 1.